The lowest BCUT2D eigenvalue weighted by Crippen LogP contribution is -2.17. The highest BCUT2D eigenvalue weighted by Crippen LogP contribution is 2.21. The van der Waals surface area contributed by atoms with E-state index in [1.807, 2.05) is 18.0 Å². The van der Waals surface area contributed by atoms with Crippen LogP contribution in [0.5, 0.6) is 5.75 Å². The van der Waals surface area contributed by atoms with Gasteiger partial charge in [0.25, 0.3) is 0 Å². The molecular weight excluding hydrogens is 326 g/mol. The lowest BCUT2D eigenvalue weighted by molar-refractivity contribution is 0.313. The van der Waals surface area contributed by atoms with Crippen LogP contribution in [0.15, 0.2) is 53.1 Å². The average molecular weight is 344 g/mol. The highest BCUT2D eigenvalue weighted by Gasteiger charge is 2.10. The minimum Gasteiger partial charge on any atom is -0.494 e. The molecule has 0 radical (unpaired) electrons. The molecule has 0 saturated carbocycles. The van der Waals surface area contributed by atoms with Gasteiger partial charge >= 0.3 is 0 Å². The van der Waals surface area contributed by atoms with E-state index in [4.69, 9.17) is 9.15 Å². The normalized spacial score (nSPS) is 11.1. The van der Waals surface area contributed by atoms with Crippen LogP contribution in [0, 0.1) is 11.6 Å². The van der Waals surface area contributed by atoms with E-state index in [9.17, 15) is 8.78 Å². The Morgan fingerprint density at radius 1 is 1.08 bits per heavy atom. The van der Waals surface area contributed by atoms with E-state index in [1.165, 1.54) is 25.3 Å². The summed E-state index contributed by atoms with van der Waals surface area (Å²) >= 11 is 0. The Labute approximate surface area is 144 Å². The Bertz CT molecular complexity index is 847. The van der Waals surface area contributed by atoms with E-state index in [2.05, 4.69) is 4.98 Å². The second-order valence-corrected chi connectivity index (χ2v) is 5.79. The van der Waals surface area contributed by atoms with E-state index in [0.717, 1.165) is 11.3 Å². The van der Waals surface area contributed by atoms with E-state index in [1.54, 1.807) is 24.5 Å². The number of ether oxygens (including phenoxy) is 1. The highest BCUT2D eigenvalue weighted by molar-refractivity contribution is 5.52. The fourth-order valence-corrected chi connectivity index (χ4v) is 2.56. The summed E-state index contributed by atoms with van der Waals surface area (Å²) in [5.74, 6) is -0.0128. The Morgan fingerprint density at radius 2 is 1.84 bits per heavy atom. The standard InChI is InChI=1S/C19H18F2N2O2/c1-23(10-13-3-8-18(24-2)17(21)9-13)11-16-12-25-19(22-16)14-4-6-15(20)7-5-14/h3-9,12H,10-11H2,1-2H3. The summed E-state index contributed by atoms with van der Waals surface area (Å²) in [4.78, 5) is 6.41. The molecule has 3 aromatic rings. The molecule has 0 bridgehead atoms. The van der Waals surface area contributed by atoms with Crippen molar-refractivity contribution in [1.29, 1.82) is 0 Å². The molecule has 3 rings (SSSR count). The summed E-state index contributed by atoms with van der Waals surface area (Å²) in [6.45, 7) is 1.10. The number of oxazole rings is 1. The van der Waals surface area contributed by atoms with Crippen LogP contribution in [0.2, 0.25) is 0 Å². The van der Waals surface area contributed by atoms with Crippen LogP contribution in [0.25, 0.3) is 11.5 Å². The molecule has 4 nitrogen and oxygen atoms in total. The maximum atomic E-state index is 13.7. The van der Waals surface area contributed by atoms with Crippen LogP contribution >= 0.6 is 0 Å². The van der Waals surface area contributed by atoms with Crippen molar-refractivity contribution >= 4 is 0 Å². The van der Waals surface area contributed by atoms with Gasteiger partial charge in [-0.1, -0.05) is 6.07 Å². The second kappa shape index (κ2) is 7.44. The third kappa shape index (κ3) is 4.22. The van der Waals surface area contributed by atoms with E-state index in [-0.39, 0.29) is 17.4 Å². The molecule has 0 atom stereocenters. The monoisotopic (exact) mass is 344 g/mol. The zero-order valence-corrected chi connectivity index (χ0v) is 14.0. The molecule has 1 heterocycles. The molecule has 0 aliphatic rings. The summed E-state index contributed by atoms with van der Waals surface area (Å²) in [6, 6.07) is 10.9. The van der Waals surface area contributed by atoms with Gasteiger partial charge in [0.15, 0.2) is 11.6 Å². The topological polar surface area (TPSA) is 38.5 Å². The zero-order valence-electron chi connectivity index (χ0n) is 14.0. The number of aromatic nitrogens is 1. The van der Waals surface area contributed by atoms with Crippen LogP contribution in [0.4, 0.5) is 8.78 Å². The smallest absolute Gasteiger partial charge is 0.226 e. The summed E-state index contributed by atoms with van der Waals surface area (Å²) < 4.78 is 37.1. The van der Waals surface area contributed by atoms with Gasteiger partial charge in [0, 0.05) is 18.7 Å². The molecule has 1 aromatic heterocycles. The second-order valence-electron chi connectivity index (χ2n) is 5.79. The maximum Gasteiger partial charge on any atom is 0.226 e. The van der Waals surface area contributed by atoms with Crippen LogP contribution in [-0.2, 0) is 13.1 Å². The number of benzene rings is 2. The van der Waals surface area contributed by atoms with Crippen molar-refractivity contribution in [2.45, 2.75) is 13.1 Å². The summed E-state index contributed by atoms with van der Waals surface area (Å²) in [5, 5.41) is 0. The molecule has 25 heavy (non-hydrogen) atoms. The molecule has 0 unspecified atom stereocenters. The number of rotatable bonds is 6. The third-order valence-corrected chi connectivity index (χ3v) is 3.74. The van der Waals surface area contributed by atoms with Crippen LogP contribution in [-0.4, -0.2) is 24.0 Å². The molecule has 0 amide bonds. The van der Waals surface area contributed by atoms with Crippen molar-refractivity contribution in [2.24, 2.45) is 0 Å². The molecule has 6 heteroatoms. The molecule has 0 aliphatic carbocycles. The minimum atomic E-state index is -0.381. The molecule has 0 N–H and O–H groups in total. The summed E-state index contributed by atoms with van der Waals surface area (Å²) in [5.41, 5.74) is 2.30. The highest BCUT2D eigenvalue weighted by atomic mass is 19.1. The van der Waals surface area contributed by atoms with E-state index < -0.39 is 0 Å². The predicted octanol–water partition coefficient (Wildman–Crippen LogP) is 4.26. The first-order chi connectivity index (χ1) is 12.0. The molecular formula is C19H18F2N2O2. The largest absolute Gasteiger partial charge is 0.494 e. The molecule has 0 fully saturated rings. The number of methoxy groups -OCH3 is 1. The fourth-order valence-electron chi connectivity index (χ4n) is 2.56. The van der Waals surface area contributed by atoms with Crippen LogP contribution in [0.3, 0.4) is 0 Å². The average Bonchev–Trinajstić information content (AvgIpc) is 3.04. The molecule has 0 saturated heterocycles. The van der Waals surface area contributed by atoms with E-state index in [0.29, 0.717) is 24.5 Å². The van der Waals surface area contributed by atoms with Crippen molar-refractivity contribution in [3.8, 4) is 17.2 Å². The Balaban J connectivity index is 1.64. The Kier molecular flexibility index (Phi) is 5.09. The predicted molar refractivity (Wildman–Crippen MR) is 90.0 cm³/mol. The van der Waals surface area contributed by atoms with Gasteiger partial charge in [-0.3, -0.25) is 4.90 Å². The molecule has 2 aromatic carbocycles. The lowest BCUT2D eigenvalue weighted by Gasteiger charge is -2.15. The number of hydrogen-bond donors (Lipinski definition) is 0. The number of halogens is 2. The van der Waals surface area contributed by atoms with Gasteiger partial charge < -0.3 is 9.15 Å². The first-order valence-corrected chi connectivity index (χ1v) is 7.76. The first-order valence-electron chi connectivity index (χ1n) is 7.76. The Morgan fingerprint density at radius 3 is 2.52 bits per heavy atom. The van der Waals surface area contributed by atoms with Gasteiger partial charge in [-0.15, -0.1) is 0 Å². The third-order valence-electron chi connectivity index (χ3n) is 3.74. The summed E-state index contributed by atoms with van der Waals surface area (Å²) in [6.07, 6.45) is 1.57. The van der Waals surface area contributed by atoms with Gasteiger partial charge in [-0.2, -0.15) is 0 Å². The summed E-state index contributed by atoms with van der Waals surface area (Å²) in [7, 11) is 3.35. The Hall–Kier alpha value is -2.73. The van der Waals surface area contributed by atoms with Crippen LogP contribution < -0.4 is 4.74 Å². The van der Waals surface area contributed by atoms with Gasteiger partial charge in [-0.25, -0.2) is 13.8 Å². The fraction of sp³-hybridized carbons (Fsp3) is 0.211. The van der Waals surface area contributed by atoms with Gasteiger partial charge in [-0.05, 0) is 49.0 Å². The van der Waals surface area contributed by atoms with E-state index >= 15 is 0 Å². The zero-order chi connectivity index (χ0) is 17.8. The first kappa shape index (κ1) is 17.1. The van der Waals surface area contributed by atoms with Crippen LogP contribution in [0.1, 0.15) is 11.3 Å². The van der Waals surface area contributed by atoms with Crippen molar-refractivity contribution in [2.75, 3.05) is 14.2 Å². The van der Waals surface area contributed by atoms with Gasteiger partial charge in [0.2, 0.25) is 5.89 Å². The maximum absolute atomic E-state index is 13.7. The quantitative estimate of drug-likeness (QED) is 0.670. The minimum absolute atomic E-state index is 0.229. The number of hydrogen-bond acceptors (Lipinski definition) is 4. The molecule has 130 valence electrons. The molecule has 0 spiro atoms. The van der Waals surface area contributed by atoms with Crippen molar-refractivity contribution in [3.63, 3.8) is 0 Å². The van der Waals surface area contributed by atoms with Gasteiger partial charge in [0.05, 0.1) is 12.8 Å². The SMILES string of the molecule is COc1ccc(CN(C)Cc2coc(-c3ccc(F)cc3)n2)cc1F. The van der Waals surface area contributed by atoms with Crippen molar-refractivity contribution in [1.82, 2.24) is 9.88 Å². The van der Waals surface area contributed by atoms with Crippen molar-refractivity contribution in [3.05, 3.63) is 71.6 Å². The van der Waals surface area contributed by atoms with Crippen molar-refractivity contribution < 1.29 is 17.9 Å². The molecule has 0 aliphatic heterocycles. The number of nitrogens with zero attached hydrogens (tertiary/aromatic N) is 2. The lowest BCUT2D eigenvalue weighted by atomic mass is 10.2. The van der Waals surface area contributed by atoms with Gasteiger partial charge in [0.1, 0.15) is 12.1 Å².